The SMILES string of the molecule is CCOC(=O)c1ccc(O)c2c(=O)c3c(OC)cc(OC)cc3[nH]c12. The number of rotatable bonds is 4. The Morgan fingerprint density at radius 1 is 1.16 bits per heavy atom. The fraction of sp³-hybridized carbons (Fsp3) is 0.222. The molecule has 3 aromatic rings. The highest BCUT2D eigenvalue weighted by Crippen LogP contribution is 2.32. The number of hydrogen-bond donors (Lipinski definition) is 2. The van der Waals surface area contributed by atoms with E-state index in [1.807, 2.05) is 0 Å². The smallest absolute Gasteiger partial charge is 0.340 e. The van der Waals surface area contributed by atoms with Gasteiger partial charge in [-0.1, -0.05) is 0 Å². The van der Waals surface area contributed by atoms with E-state index in [-0.39, 0.29) is 34.2 Å². The fourth-order valence-corrected chi connectivity index (χ4v) is 2.79. The molecule has 130 valence electrons. The Morgan fingerprint density at radius 3 is 2.56 bits per heavy atom. The Labute approximate surface area is 142 Å². The molecule has 2 aromatic carbocycles. The first-order chi connectivity index (χ1) is 12.0. The number of pyridine rings is 1. The second-order valence-electron chi connectivity index (χ2n) is 5.31. The van der Waals surface area contributed by atoms with Crippen LogP contribution in [0.5, 0.6) is 17.2 Å². The van der Waals surface area contributed by atoms with E-state index in [4.69, 9.17) is 14.2 Å². The van der Waals surface area contributed by atoms with Crippen molar-refractivity contribution in [1.29, 1.82) is 0 Å². The lowest BCUT2D eigenvalue weighted by Gasteiger charge is -2.12. The third-order valence-electron chi connectivity index (χ3n) is 3.92. The summed E-state index contributed by atoms with van der Waals surface area (Å²) in [6, 6.07) is 5.91. The average Bonchev–Trinajstić information content (AvgIpc) is 2.60. The van der Waals surface area contributed by atoms with Gasteiger partial charge in [-0.05, 0) is 19.1 Å². The molecule has 0 aliphatic heterocycles. The number of H-pyrrole nitrogens is 1. The number of fused-ring (bicyclic) bond motifs is 2. The molecule has 0 spiro atoms. The van der Waals surface area contributed by atoms with Gasteiger partial charge in [-0.25, -0.2) is 4.79 Å². The topological polar surface area (TPSA) is 97.8 Å². The molecule has 1 heterocycles. The minimum Gasteiger partial charge on any atom is -0.507 e. The molecule has 0 atom stereocenters. The van der Waals surface area contributed by atoms with E-state index < -0.39 is 11.4 Å². The fourth-order valence-electron chi connectivity index (χ4n) is 2.79. The van der Waals surface area contributed by atoms with Gasteiger partial charge in [0.2, 0.25) is 5.43 Å². The van der Waals surface area contributed by atoms with E-state index >= 15 is 0 Å². The number of hydrogen-bond acceptors (Lipinski definition) is 6. The molecule has 25 heavy (non-hydrogen) atoms. The zero-order chi connectivity index (χ0) is 18.1. The van der Waals surface area contributed by atoms with E-state index in [2.05, 4.69) is 4.98 Å². The van der Waals surface area contributed by atoms with Gasteiger partial charge in [-0.3, -0.25) is 4.79 Å². The molecule has 0 saturated heterocycles. The number of phenols is 1. The number of esters is 1. The summed E-state index contributed by atoms with van der Waals surface area (Å²) in [7, 11) is 2.93. The van der Waals surface area contributed by atoms with Crippen molar-refractivity contribution in [3.8, 4) is 17.2 Å². The molecule has 0 amide bonds. The minimum absolute atomic E-state index is 0.00141. The van der Waals surface area contributed by atoms with Crippen molar-refractivity contribution in [3.05, 3.63) is 40.1 Å². The van der Waals surface area contributed by atoms with Crippen molar-refractivity contribution < 1.29 is 24.1 Å². The van der Waals surface area contributed by atoms with Crippen molar-refractivity contribution in [1.82, 2.24) is 4.98 Å². The first kappa shape index (κ1) is 16.6. The predicted molar refractivity (Wildman–Crippen MR) is 92.8 cm³/mol. The zero-order valence-electron chi connectivity index (χ0n) is 14.0. The first-order valence-electron chi connectivity index (χ1n) is 7.62. The van der Waals surface area contributed by atoms with Crippen LogP contribution in [-0.2, 0) is 4.74 Å². The second kappa shape index (κ2) is 6.35. The number of nitrogens with one attached hydrogen (secondary N) is 1. The summed E-state index contributed by atoms with van der Waals surface area (Å²) in [6.07, 6.45) is 0. The van der Waals surface area contributed by atoms with Gasteiger partial charge in [0, 0.05) is 12.1 Å². The van der Waals surface area contributed by atoms with Gasteiger partial charge < -0.3 is 24.3 Å². The maximum absolute atomic E-state index is 13.0. The van der Waals surface area contributed by atoms with E-state index in [0.717, 1.165) is 0 Å². The van der Waals surface area contributed by atoms with Crippen LogP contribution in [0.25, 0.3) is 21.8 Å². The van der Waals surface area contributed by atoms with Crippen molar-refractivity contribution >= 4 is 27.8 Å². The van der Waals surface area contributed by atoms with Gasteiger partial charge in [-0.15, -0.1) is 0 Å². The molecule has 7 nitrogen and oxygen atoms in total. The summed E-state index contributed by atoms with van der Waals surface area (Å²) in [5, 5.41) is 10.4. The van der Waals surface area contributed by atoms with Crippen LogP contribution in [0.2, 0.25) is 0 Å². The third kappa shape index (κ3) is 2.63. The van der Waals surface area contributed by atoms with E-state index in [1.165, 1.54) is 26.4 Å². The lowest BCUT2D eigenvalue weighted by molar-refractivity contribution is 0.0528. The molecule has 0 bridgehead atoms. The number of methoxy groups -OCH3 is 2. The molecular weight excluding hydrogens is 326 g/mol. The Bertz CT molecular complexity index is 1040. The van der Waals surface area contributed by atoms with Crippen LogP contribution >= 0.6 is 0 Å². The van der Waals surface area contributed by atoms with Crippen molar-refractivity contribution in [2.45, 2.75) is 6.92 Å². The Balaban J connectivity index is 2.48. The Hall–Kier alpha value is -3.22. The molecule has 0 fully saturated rings. The van der Waals surface area contributed by atoms with Crippen molar-refractivity contribution in [2.24, 2.45) is 0 Å². The summed E-state index contributed by atoms with van der Waals surface area (Å²) >= 11 is 0. The average molecular weight is 343 g/mol. The molecular formula is C18H17NO6. The molecule has 0 radical (unpaired) electrons. The number of aromatic nitrogens is 1. The van der Waals surface area contributed by atoms with Gasteiger partial charge in [0.05, 0.1) is 48.2 Å². The molecule has 7 heteroatoms. The number of benzene rings is 2. The molecule has 0 aliphatic carbocycles. The normalized spacial score (nSPS) is 10.8. The summed E-state index contributed by atoms with van der Waals surface area (Å²) in [5.74, 6) is -0.0305. The Morgan fingerprint density at radius 2 is 1.92 bits per heavy atom. The number of carbonyl (C=O) groups excluding carboxylic acids is 1. The number of aromatic hydroxyl groups is 1. The number of ether oxygens (including phenoxy) is 3. The van der Waals surface area contributed by atoms with Crippen LogP contribution in [-0.4, -0.2) is 36.9 Å². The van der Waals surface area contributed by atoms with Crippen LogP contribution < -0.4 is 14.9 Å². The van der Waals surface area contributed by atoms with E-state index in [9.17, 15) is 14.7 Å². The summed E-state index contributed by atoms with van der Waals surface area (Å²) < 4.78 is 15.5. The van der Waals surface area contributed by atoms with Crippen LogP contribution in [0, 0.1) is 0 Å². The van der Waals surface area contributed by atoms with Crippen LogP contribution in [0.1, 0.15) is 17.3 Å². The second-order valence-corrected chi connectivity index (χ2v) is 5.31. The molecule has 0 saturated carbocycles. The van der Waals surface area contributed by atoms with Crippen LogP contribution in [0.15, 0.2) is 29.1 Å². The number of aromatic amines is 1. The predicted octanol–water partition coefficient (Wildman–Crippen LogP) is 2.58. The number of phenolic OH excluding ortho intramolecular Hbond substituents is 1. The quantitative estimate of drug-likeness (QED) is 0.558. The van der Waals surface area contributed by atoms with E-state index in [0.29, 0.717) is 17.0 Å². The van der Waals surface area contributed by atoms with Gasteiger partial charge in [0.15, 0.2) is 0 Å². The highest BCUT2D eigenvalue weighted by Gasteiger charge is 2.20. The van der Waals surface area contributed by atoms with Gasteiger partial charge in [0.25, 0.3) is 0 Å². The molecule has 0 unspecified atom stereocenters. The molecule has 0 aliphatic rings. The molecule has 1 aromatic heterocycles. The third-order valence-corrected chi connectivity index (χ3v) is 3.92. The lowest BCUT2D eigenvalue weighted by atomic mass is 10.0. The Kier molecular flexibility index (Phi) is 4.22. The van der Waals surface area contributed by atoms with Gasteiger partial charge in [0.1, 0.15) is 17.2 Å². The first-order valence-corrected chi connectivity index (χ1v) is 7.62. The van der Waals surface area contributed by atoms with Crippen LogP contribution in [0.3, 0.4) is 0 Å². The largest absolute Gasteiger partial charge is 0.507 e. The van der Waals surface area contributed by atoms with Crippen LogP contribution in [0.4, 0.5) is 0 Å². The standard InChI is InChI=1S/C18H17NO6/c1-4-25-18(22)10-5-6-12(20)15-16(10)19-11-7-9(23-2)8-13(24-3)14(11)17(15)21/h5-8,20H,4H2,1-3H3,(H,19,21). The summed E-state index contributed by atoms with van der Waals surface area (Å²) in [5.41, 5.74) is 0.332. The summed E-state index contributed by atoms with van der Waals surface area (Å²) in [6.45, 7) is 1.88. The highest BCUT2D eigenvalue weighted by atomic mass is 16.5. The molecule has 3 rings (SSSR count). The zero-order valence-corrected chi connectivity index (χ0v) is 14.0. The number of carbonyl (C=O) groups is 1. The molecule has 2 N–H and O–H groups in total. The maximum Gasteiger partial charge on any atom is 0.340 e. The van der Waals surface area contributed by atoms with Crippen molar-refractivity contribution in [2.75, 3.05) is 20.8 Å². The lowest BCUT2D eigenvalue weighted by Crippen LogP contribution is -2.11. The highest BCUT2D eigenvalue weighted by molar-refractivity contribution is 6.08. The summed E-state index contributed by atoms with van der Waals surface area (Å²) in [4.78, 5) is 28.2. The van der Waals surface area contributed by atoms with E-state index in [1.54, 1.807) is 19.1 Å². The maximum atomic E-state index is 13.0. The van der Waals surface area contributed by atoms with Gasteiger partial charge in [-0.2, -0.15) is 0 Å². The monoisotopic (exact) mass is 343 g/mol. The van der Waals surface area contributed by atoms with Gasteiger partial charge >= 0.3 is 5.97 Å². The van der Waals surface area contributed by atoms with Crippen molar-refractivity contribution in [3.63, 3.8) is 0 Å². The minimum atomic E-state index is -0.586.